The highest BCUT2D eigenvalue weighted by atomic mass is 16.6. The third-order valence-corrected chi connectivity index (χ3v) is 6.07. The zero-order valence-electron chi connectivity index (χ0n) is 19.8. The maximum Gasteiger partial charge on any atom is 0.338 e. The number of non-ortho nitro benzene ring substituents is 1. The fourth-order valence-corrected chi connectivity index (χ4v) is 4.39. The van der Waals surface area contributed by atoms with Crippen LogP contribution in [-0.2, 0) is 19.1 Å². The number of dihydropyridines is 1. The highest BCUT2D eigenvalue weighted by Gasteiger charge is 2.38. The summed E-state index contributed by atoms with van der Waals surface area (Å²) in [6.07, 6.45) is 3.13. The number of rotatable bonds is 6. The molecule has 2 aromatic carbocycles. The van der Waals surface area contributed by atoms with Crippen molar-refractivity contribution in [1.82, 2.24) is 9.88 Å². The van der Waals surface area contributed by atoms with Gasteiger partial charge in [-0.15, -0.1) is 0 Å². The summed E-state index contributed by atoms with van der Waals surface area (Å²) in [6, 6.07) is 13.7. The first-order valence-corrected chi connectivity index (χ1v) is 11.0. The average molecular weight is 476 g/mol. The van der Waals surface area contributed by atoms with Crippen LogP contribution in [0.15, 0.2) is 83.5 Å². The number of benzene rings is 2. The number of nitro groups is 1. The number of nitrogens with one attached hydrogen (secondary N) is 1. The summed E-state index contributed by atoms with van der Waals surface area (Å²) in [5.74, 6) is -2.20. The van der Waals surface area contributed by atoms with Gasteiger partial charge in [-0.3, -0.25) is 10.1 Å². The molecule has 0 radical (unpaired) electrons. The van der Waals surface area contributed by atoms with E-state index in [0.717, 1.165) is 10.8 Å². The molecule has 9 nitrogen and oxygen atoms in total. The van der Waals surface area contributed by atoms with Gasteiger partial charge in [-0.25, -0.2) is 9.59 Å². The molecule has 1 aliphatic rings. The predicted molar refractivity (Wildman–Crippen MR) is 129 cm³/mol. The first kappa shape index (κ1) is 23.7. The Kier molecular flexibility index (Phi) is 6.42. The van der Waals surface area contributed by atoms with E-state index in [9.17, 15) is 19.7 Å². The van der Waals surface area contributed by atoms with Crippen LogP contribution in [0.4, 0.5) is 5.69 Å². The number of nitrogens with zero attached hydrogens (tertiary/aromatic N) is 2. The summed E-state index contributed by atoms with van der Waals surface area (Å²) >= 11 is 0. The number of esters is 2. The number of aromatic nitrogens is 1. The molecule has 2 atom stereocenters. The molecule has 9 heteroatoms. The van der Waals surface area contributed by atoms with Gasteiger partial charge in [0.05, 0.1) is 29.1 Å². The molecule has 35 heavy (non-hydrogen) atoms. The lowest BCUT2D eigenvalue weighted by Crippen LogP contribution is -2.32. The first-order chi connectivity index (χ1) is 16.7. The normalized spacial score (nSPS) is 16.6. The van der Waals surface area contributed by atoms with Crippen LogP contribution in [0.1, 0.15) is 38.5 Å². The highest BCUT2D eigenvalue weighted by Crippen LogP contribution is 2.40. The first-order valence-electron chi connectivity index (χ1n) is 11.0. The van der Waals surface area contributed by atoms with Gasteiger partial charge in [0, 0.05) is 35.9 Å². The Morgan fingerprint density at radius 2 is 1.60 bits per heavy atom. The van der Waals surface area contributed by atoms with Crippen molar-refractivity contribution in [3.8, 4) is 0 Å². The van der Waals surface area contributed by atoms with Crippen molar-refractivity contribution in [2.24, 2.45) is 0 Å². The Morgan fingerprint density at radius 1 is 1.00 bits per heavy atom. The summed E-state index contributed by atoms with van der Waals surface area (Å²) in [5, 5.41) is 16.5. The second-order valence-corrected chi connectivity index (χ2v) is 8.32. The van der Waals surface area contributed by atoms with Crippen molar-refractivity contribution in [1.29, 1.82) is 0 Å². The summed E-state index contributed by atoms with van der Waals surface area (Å²) < 4.78 is 12.6. The van der Waals surface area contributed by atoms with E-state index in [1.54, 1.807) is 31.4 Å². The van der Waals surface area contributed by atoms with Crippen molar-refractivity contribution in [3.63, 3.8) is 0 Å². The van der Waals surface area contributed by atoms with Gasteiger partial charge < -0.3 is 19.4 Å². The number of fused-ring (bicyclic) bond motifs is 1. The summed E-state index contributed by atoms with van der Waals surface area (Å²) in [4.78, 5) is 37.2. The topological polar surface area (TPSA) is 113 Å². The maximum absolute atomic E-state index is 13.5. The maximum atomic E-state index is 13.5. The number of ether oxygens (including phenoxy) is 2. The van der Waals surface area contributed by atoms with Crippen LogP contribution in [0.2, 0.25) is 0 Å². The van der Waals surface area contributed by atoms with Gasteiger partial charge in [-0.2, -0.15) is 0 Å². The number of hydrogen-bond acceptors (Lipinski definition) is 7. The fourth-order valence-electron chi connectivity index (χ4n) is 4.39. The molecule has 1 N–H and O–H groups in total. The molecule has 4 rings (SSSR count). The Morgan fingerprint density at radius 3 is 2.17 bits per heavy atom. The summed E-state index contributed by atoms with van der Waals surface area (Å²) in [5.41, 5.74) is 1.60. The third-order valence-electron chi connectivity index (χ3n) is 6.07. The lowest BCUT2D eigenvalue weighted by atomic mass is 9.80. The highest BCUT2D eigenvalue weighted by molar-refractivity contribution is 6.00. The van der Waals surface area contributed by atoms with Gasteiger partial charge in [0.1, 0.15) is 0 Å². The molecule has 0 amide bonds. The molecule has 3 aromatic rings. The van der Waals surface area contributed by atoms with Gasteiger partial charge in [0.15, 0.2) is 6.23 Å². The van der Waals surface area contributed by atoms with E-state index in [-0.39, 0.29) is 16.8 Å². The molecule has 0 bridgehead atoms. The Hall–Kier alpha value is -4.40. The zero-order chi connectivity index (χ0) is 25.3. The van der Waals surface area contributed by atoms with Crippen molar-refractivity contribution in [3.05, 3.63) is 99.1 Å². The molecular formula is C26H25N3O6. The minimum atomic E-state index is -0.910. The third kappa shape index (κ3) is 4.52. The molecule has 0 saturated carbocycles. The number of hydrogen-bond donors (Lipinski definition) is 1. The molecule has 1 aromatic heterocycles. The number of nitro benzene ring substituents is 1. The second kappa shape index (κ2) is 9.46. The Balaban J connectivity index is 1.74. The van der Waals surface area contributed by atoms with Crippen LogP contribution in [0.25, 0.3) is 10.8 Å². The number of carbonyl (C=O) groups excluding carboxylic acids is 2. The molecule has 0 saturated heterocycles. The van der Waals surface area contributed by atoms with E-state index in [0.29, 0.717) is 17.0 Å². The molecular weight excluding hydrogens is 450 g/mol. The van der Waals surface area contributed by atoms with Gasteiger partial charge >= 0.3 is 11.9 Å². The number of methoxy groups -OCH3 is 1. The molecule has 0 aliphatic carbocycles. The van der Waals surface area contributed by atoms with Gasteiger partial charge in [-0.1, -0.05) is 36.4 Å². The van der Waals surface area contributed by atoms with Gasteiger partial charge in [-0.05, 0) is 37.1 Å². The van der Waals surface area contributed by atoms with Crippen molar-refractivity contribution < 1.29 is 24.0 Å². The van der Waals surface area contributed by atoms with E-state index < -0.39 is 29.0 Å². The van der Waals surface area contributed by atoms with Gasteiger partial charge in [0.25, 0.3) is 5.69 Å². The van der Waals surface area contributed by atoms with Crippen LogP contribution in [0.5, 0.6) is 0 Å². The van der Waals surface area contributed by atoms with E-state index >= 15 is 0 Å². The monoisotopic (exact) mass is 475 g/mol. The van der Waals surface area contributed by atoms with Crippen molar-refractivity contribution in [2.75, 3.05) is 7.11 Å². The standard InChI is InChI=1S/C26H25N3O6/c1-15-22(25(30)34-4)24(18-10-7-11-21(12-18)29(32)33)23(16(2)27-15)26(31)35-17(3)28-13-19-8-5-6-9-20(19)14-28/h5-14,17,24,27H,1-4H3. The Bertz CT molecular complexity index is 1370. The number of allylic oxidation sites excluding steroid dienone is 2. The summed E-state index contributed by atoms with van der Waals surface area (Å²) in [6.45, 7) is 5.14. The van der Waals surface area contributed by atoms with Crippen LogP contribution >= 0.6 is 0 Å². The quantitative estimate of drug-likeness (QED) is 0.312. The zero-order valence-corrected chi connectivity index (χ0v) is 19.8. The van der Waals surface area contributed by atoms with E-state index in [4.69, 9.17) is 9.47 Å². The molecule has 0 fully saturated rings. The smallest absolute Gasteiger partial charge is 0.338 e. The van der Waals surface area contributed by atoms with E-state index in [1.807, 2.05) is 36.7 Å². The average Bonchev–Trinajstić information content (AvgIpc) is 3.27. The SMILES string of the molecule is COC(=O)C1=C(C)NC(C)=C(C(=O)OC(C)n2cc3ccccc3c2)C1c1cccc([N+](=O)[O-])c1. The Labute approximate surface area is 201 Å². The van der Waals surface area contributed by atoms with Gasteiger partial charge in [0.2, 0.25) is 0 Å². The summed E-state index contributed by atoms with van der Waals surface area (Å²) in [7, 11) is 1.25. The van der Waals surface area contributed by atoms with Crippen LogP contribution in [-0.4, -0.2) is 28.5 Å². The predicted octanol–water partition coefficient (Wildman–Crippen LogP) is 4.72. The lowest BCUT2D eigenvalue weighted by Gasteiger charge is -2.30. The van der Waals surface area contributed by atoms with Crippen LogP contribution in [0, 0.1) is 10.1 Å². The second-order valence-electron chi connectivity index (χ2n) is 8.32. The fraction of sp³-hybridized carbons (Fsp3) is 0.231. The minimum absolute atomic E-state index is 0.152. The van der Waals surface area contributed by atoms with E-state index in [1.165, 1.54) is 25.3 Å². The minimum Gasteiger partial charge on any atom is -0.466 e. The molecule has 2 unspecified atom stereocenters. The molecule has 1 aliphatic heterocycles. The van der Waals surface area contributed by atoms with Crippen LogP contribution < -0.4 is 5.32 Å². The van der Waals surface area contributed by atoms with Crippen molar-refractivity contribution in [2.45, 2.75) is 32.9 Å². The van der Waals surface area contributed by atoms with E-state index in [2.05, 4.69) is 5.32 Å². The molecule has 0 spiro atoms. The molecule has 180 valence electrons. The largest absolute Gasteiger partial charge is 0.466 e. The van der Waals surface area contributed by atoms with Crippen LogP contribution in [0.3, 0.4) is 0 Å². The van der Waals surface area contributed by atoms with Crippen molar-refractivity contribution >= 4 is 28.4 Å². The number of carbonyl (C=O) groups is 2. The molecule has 2 heterocycles. The lowest BCUT2D eigenvalue weighted by molar-refractivity contribution is -0.384.